The first-order valence-corrected chi connectivity index (χ1v) is 8.31. The Labute approximate surface area is 131 Å². The van der Waals surface area contributed by atoms with Crippen LogP contribution in [-0.4, -0.2) is 33.3 Å². The Bertz CT molecular complexity index is 659. The largest absolute Gasteiger partial charge is 0.573 e. The Morgan fingerprint density at radius 1 is 1.17 bits per heavy atom. The molecule has 1 aliphatic rings. The van der Waals surface area contributed by atoms with Crippen molar-refractivity contribution in [3.8, 4) is 5.75 Å². The number of amides is 1. The Balaban J connectivity index is 2.11. The lowest BCUT2D eigenvalue weighted by molar-refractivity contribution is -0.274. The number of hydrogen-bond donors (Lipinski definition) is 2. The number of alkyl halides is 3. The number of sulfonamides is 1. The van der Waals surface area contributed by atoms with Crippen LogP contribution in [0.3, 0.4) is 0 Å². The maximum Gasteiger partial charge on any atom is 0.573 e. The number of nitrogens with one attached hydrogen (secondary N) is 2. The summed E-state index contributed by atoms with van der Waals surface area (Å²) in [5, 5.41) is 2.59. The second kappa shape index (κ2) is 6.75. The zero-order valence-corrected chi connectivity index (χ0v) is 12.7. The van der Waals surface area contributed by atoms with Crippen LogP contribution in [-0.2, 0) is 14.8 Å². The molecule has 0 spiro atoms. The summed E-state index contributed by atoms with van der Waals surface area (Å²) in [6, 6.07) is 2.87. The van der Waals surface area contributed by atoms with Crippen LogP contribution < -0.4 is 14.8 Å². The zero-order valence-electron chi connectivity index (χ0n) is 11.9. The number of hydrogen-bond acceptors (Lipinski definition) is 4. The number of halogens is 3. The zero-order chi connectivity index (χ0) is 17.1. The molecule has 2 N–H and O–H groups in total. The topological polar surface area (TPSA) is 84.5 Å². The lowest BCUT2D eigenvalue weighted by Gasteiger charge is -2.15. The second-order valence-electron chi connectivity index (χ2n) is 4.98. The van der Waals surface area contributed by atoms with Crippen LogP contribution in [0.15, 0.2) is 29.2 Å². The van der Waals surface area contributed by atoms with Crippen molar-refractivity contribution in [2.75, 3.05) is 6.54 Å². The van der Waals surface area contributed by atoms with Gasteiger partial charge in [-0.3, -0.25) is 4.79 Å². The van der Waals surface area contributed by atoms with E-state index in [9.17, 15) is 26.4 Å². The minimum Gasteiger partial charge on any atom is -0.406 e. The van der Waals surface area contributed by atoms with Crippen LogP contribution in [0.4, 0.5) is 13.2 Å². The summed E-state index contributed by atoms with van der Waals surface area (Å²) in [4.78, 5) is 11.5. The van der Waals surface area contributed by atoms with E-state index in [4.69, 9.17) is 0 Å². The molecule has 1 aromatic rings. The van der Waals surface area contributed by atoms with Gasteiger partial charge >= 0.3 is 6.36 Å². The molecule has 1 atom stereocenters. The highest BCUT2D eigenvalue weighted by Gasteiger charge is 2.31. The van der Waals surface area contributed by atoms with Crippen molar-refractivity contribution in [2.45, 2.75) is 36.6 Å². The van der Waals surface area contributed by atoms with Crippen molar-refractivity contribution in [3.63, 3.8) is 0 Å². The van der Waals surface area contributed by atoms with Gasteiger partial charge in [0.05, 0.1) is 4.90 Å². The van der Waals surface area contributed by atoms with Crippen molar-refractivity contribution >= 4 is 15.9 Å². The summed E-state index contributed by atoms with van der Waals surface area (Å²) in [6.45, 7) is 0.487. The summed E-state index contributed by atoms with van der Waals surface area (Å²) in [7, 11) is -4.02. The van der Waals surface area contributed by atoms with Gasteiger partial charge in [-0.15, -0.1) is 13.2 Å². The summed E-state index contributed by atoms with van der Waals surface area (Å²) in [5.41, 5.74) is 0. The van der Waals surface area contributed by atoms with Crippen molar-refractivity contribution in [1.82, 2.24) is 10.0 Å². The molecule has 23 heavy (non-hydrogen) atoms. The molecule has 2 rings (SSSR count). The van der Waals surface area contributed by atoms with E-state index in [-0.39, 0.29) is 4.90 Å². The molecule has 1 heterocycles. The van der Waals surface area contributed by atoms with Crippen LogP contribution in [0, 0.1) is 0 Å². The van der Waals surface area contributed by atoms with Crippen LogP contribution in [0.1, 0.15) is 19.3 Å². The van der Waals surface area contributed by atoms with Gasteiger partial charge in [0.1, 0.15) is 11.8 Å². The summed E-state index contributed by atoms with van der Waals surface area (Å²) in [5.74, 6) is -0.938. The van der Waals surface area contributed by atoms with Crippen LogP contribution in [0.5, 0.6) is 5.75 Å². The third-order valence-electron chi connectivity index (χ3n) is 3.20. The van der Waals surface area contributed by atoms with Gasteiger partial charge in [0.15, 0.2) is 0 Å². The lowest BCUT2D eigenvalue weighted by Crippen LogP contribution is -2.45. The Kier molecular flexibility index (Phi) is 5.15. The first kappa shape index (κ1) is 17.5. The summed E-state index contributed by atoms with van der Waals surface area (Å²) < 4.78 is 66.5. The molecule has 1 fully saturated rings. The first-order chi connectivity index (χ1) is 10.7. The molecule has 0 saturated carbocycles. The van der Waals surface area contributed by atoms with Gasteiger partial charge in [0.25, 0.3) is 0 Å². The molecule has 128 valence electrons. The van der Waals surface area contributed by atoms with E-state index in [1.54, 1.807) is 0 Å². The molecule has 0 aliphatic carbocycles. The predicted molar refractivity (Wildman–Crippen MR) is 74.1 cm³/mol. The Morgan fingerprint density at radius 3 is 2.43 bits per heavy atom. The van der Waals surface area contributed by atoms with E-state index in [1.165, 1.54) is 0 Å². The Hall–Kier alpha value is -1.81. The fourth-order valence-corrected chi connectivity index (χ4v) is 3.36. The number of rotatable bonds is 4. The van der Waals surface area contributed by atoms with Crippen LogP contribution in [0.25, 0.3) is 0 Å². The fourth-order valence-electron chi connectivity index (χ4n) is 2.13. The van der Waals surface area contributed by atoms with Gasteiger partial charge in [0, 0.05) is 6.54 Å². The minimum absolute atomic E-state index is 0.246. The highest BCUT2D eigenvalue weighted by molar-refractivity contribution is 7.89. The Morgan fingerprint density at radius 2 is 1.83 bits per heavy atom. The second-order valence-corrected chi connectivity index (χ2v) is 6.69. The third kappa shape index (κ3) is 5.10. The molecule has 0 unspecified atom stereocenters. The molecular weight excluding hydrogens is 337 g/mol. The van der Waals surface area contributed by atoms with E-state index in [0.717, 1.165) is 30.7 Å². The predicted octanol–water partition coefficient (Wildman–Crippen LogP) is 1.53. The summed E-state index contributed by atoms with van der Waals surface area (Å²) >= 11 is 0. The molecule has 6 nitrogen and oxygen atoms in total. The lowest BCUT2D eigenvalue weighted by atomic mass is 10.1. The van der Waals surface area contributed by atoms with Gasteiger partial charge in [-0.25, -0.2) is 8.42 Å². The molecule has 1 amide bonds. The van der Waals surface area contributed by atoms with E-state index in [0.29, 0.717) is 19.4 Å². The van der Waals surface area contributed by atoms with E-state index in [2.05, 4.69) is 14.8 Å². The molecule has 0 aromatic heterocycles. The first-order valence-electron chi connectivity index (χ1n) is 6.83. The van der Waals surface area contributed by atoms with Crippen molar-refractivity contribution in [3.05, 3.63) is 24.3 Å². The highest BCUT2D eigenvalue weighted by atomic mass is 32.2. The monoisotopic (exact) mass is 352 g/mol. The number of ether oxygens (including phenoxy) is 1. The third-order valence-corrected chi connectivity index (χ3v) is 4.69. The molecule has 1 aromatic carbocycles. The average Bonchev–Trinajstić information content (AvgIpc) is 2.63. The van der Waals surface area contributed by atoms with Gasteiger partial charge in [-0.1, -0.05) is 0 Å². The van der Waals surface area contributed by atoms with Crippen LogP contribution >= 0.6 is 0 Å². The standard InChI is InChI=1S/C13H15F3N2O4S/c14-13(15,16)22-9-4-6-10(7-5-9)23(20,21)18-11-3-1-2-8-17-12(11)19/h4-7,11,18H,1-3,8H2,(H,17,19)/t11-/m0/s1. The average molecular weight is 352 g/mol. The molecule has 0 radical (unpaired) electrons. The fraction of sp³-hybridized carbons (Fsp3) is 0.462. The van der Waals surface area contributed by atoms with E-state index in [1.807, 2.05) is 0 Å². The van der Waals surface area contributed by atoms with Gasteiger partial charge in [0.2, 0.25) is 15.9 Å². The quantitative estimate of drug-likeness (QED) is 0.861. The van der Waals surface area contributed by atoms with Gasteiger partial charge < -0.3 is 10.1 Å². The minimum atomic E-state index is -4.85. The molecule has 1 saturated heterocycles. The molecular formula is C13H15F3N2O4S. The molecule has 1 aliphatic heterocycles. The maximum absolute atomic E-state index is 12.2. The van der Waals surface area contributed by atoms with Crippen LogP contribution in [0.2, 0.25) is 0 Å². The normalized spacial score (nSPS) is 19.8. The van der Waals surface area contributed by atoms with Crippen molar-refractivity contribution < 1.29 is 31.1 Å². The molecule has 0 bridgehead atoms. The molecule has 10 heteroatoms. The van der Waals surface area contributed by atoms with Crippen molar-refractivity contribution in [2.24, 2.45) is 0 Å². The number of carbonyl (C=O) groups is 1. The number of benzene rings is 1. The van der Waals surface area contributed by atoms with Gasteiger partial charge in [-0.05, 0) is 43.5 Å². The van der Waals surface area contributed by atoms with E-state index < -0.39 is 34.1 Å². The number of carbonyl (C=O) groups excluding carboxylic acids is 1. The van der Waals surface area contributed by atoms with Gasteiger partial charge in [-0.2, -0.15) is 4.72 Å². The van der Waals surface area contributed by atoms with Crippen molar-refractivity contribution in [1.29, 1.82) is 0 Å². The SMILES string of the molecule is O=C1NCCCC[C@@H]1NS(=O)(=O)c1ccc(OC(F)(F)F)cc1. The smallest absolute Gasteiger partial charge is 0.406 e. The summed E-state index contributed by atoms with van der Waals surface area (Å²) in [6.07, 6.45) is -3.05. The maximum atomic E-state index is 12.2. The van der Waals surface area contributed by atoms with E-state index >= 15 is 0 Å². The highest BCUT2D eigenvalue weighted by Crippen LogP contribution is 2.24.